The number of hydrogen-bond donors (Lipinski definition) is 2. The number of amides is 3. The Bertz CT molecular complexity index is 972. The molecule has 0 saturated carbocycles. The second-order valence-electron chi connectivity index (χ2n) is 6.64. The predicted octanol–water partition coefficient (Wildman–Crippen LogP) is 2.75. The van der Waals surface area contributed by atoms with Gasteiger partial charge in [0.1, 0.15) is 0 Å². The number of nitrogens with one attached hydrogen (secondary N) is 2. The fourth-order valence-corrected chi connectivity index (χ4v) is 3.25. The van der Waals surface area contributed by atoms with Gasteiger partial charge in [-0.2, -0.15) is 0 Å². The summed E-state index contributed by atoms with van der Waals surface area (Å²) in [6.45, 7) is 0.667. The third kappa shape index (κ3) is 3.60. The van der Waals surface area contributed by atoms with E-state index in [1.807, 2.05) is 30.3 Å². The molecule has 0 bridgehead atoms. The summed E-state index contributed by atoms with van der Waals surface area (Å²) in [7, 11) is 0. The lowest BCUT2D eigenvalue weighted by Crippen LogP contribution is -2.28. The number of nitrogens with zero attached hydrogens (tertiary/aromatic N) is 1. The molecule has 1 fully saturated rings. The maximum Gasteiger partial charge on any atom is 0.251 e. The Balaban J connectivity index is 1.37. The van der Waals surface area contributed by atoms with Gasteiger partial charge in [-0.1, -0.05) is 30.3 Å². The molecule has 1 saturated heterocycles. The number of para-hydroxylation sites is 1. The lowest BCUT2D eigenvalue weighted by Gasteiger charge is -2.13. The van der Waals surface area contributed by atoms with Crippen molar-refractivity contribution < 1.29 is 14.4 Å². The minimum absolute atomic E-state index is 0.139. The van der Waals surface area contributed by atoms with Crippen LogP contribution in [-0.2, 0) is 22.7 Å². The van der Waals surface area contributed by atoms with Crippen molar-refractivity contribution in [3.8, 4) is 0 Å². The van der Waals surface area contributed by atoms with Gasteiger partial charge in [0.25, 0.3) is 5.91 Å². The van der Waals surface area contributed by atoms with E-state index in [1.165, 1.54) is 4.90 Å². The van der Waals surface area contributed by atoms with Crippen LogP contribution < -0.4 is 5.32 Å². The number of carbonyl (C=O) groups excluding carboxylic acids is 3. The van der Waals surface area contributed by atoms with Gasteiger partial charge in [-0.3, -0.25) is 19.3 Å². The third-order valence-electron chi connectivity index (χ3n) is 4.74. The molecule has 6 nitrogen and oxygen atoms in total. The quantitative estimate of drug-likeness (QED) is 0.686. The molecule has 0 aliphatic carbocycles. The molecule has 4 rings (SSSR count). The molecule has 0 atom stereocenters. The molecule has 3 aromatic rings. The highest BCUT2D eigenvalue weighted by molar-refractivity contribution is 6.01. The summed E-state index contributed by atoms with van der Waals surface area (Å²) in [5, 5.41) is 4.00. The zero-order valence-electron chi connectivity index (χ0n) is 14.7. The summed E-state index contributed by atoms with van der Waals surface area (Å²) in [6.07, 6.45) is 0.570. The highest BCUT2D eigenvalue weighted by Gasteiger charge is 2.28. The van der Waals surface area contributed by atoms with Crippen LogP contribution in [0.25, 0.3) is 10.9 Å². The normalized spacial score (nSPS) is 14.1. The summed E-state index contributed by atoms with van der Waals surface area (Å²) in [4.78, 5) is 40.3. The number of H-pyrrole nitrogens is 1. The highest BCUT2D eigenvalue weighted by Crippen LogP contribution is 2.17. The minimum atomic E-state index is -0.173. The van der Waals surface area contributed by atoms with Crippen LogP contribution in [0, 0.1) is 0 Å². The second kappa shape index (κ2) is 7.07. The maximum atomic E-state index is 12.3. The smallest absolute Gasteiger partial charge is 0.251 e. The van der Waals surface area contributed by atoms with Gasteiger partial charge in [0, 0.05) is 29.6 Å². The lowest BCUT2D eigenvalue weighted by atomic mass is 10.1. The van der Waals surface area contributed by atoms with Gasteiger partial charge in [-0.25, -0.2) is 0 Å². The van der Waals surface area contributed by atoms with Crippen molar-refractivity contribution in [1.29, 1.82) is 0 Å². The first-order chi connectivity index (χ1) is 13.1. The fraction of sp³-hybridized carbons (Fsp3) is 0.190. The summed E-state index contributed by atoms with van der Waals surface area (Å²) < 4.78 is 0. The molecular formula is C21H19N3O3. The van der Waals surface area contributed by atoms with Crippen LogP contribution in [0.5, 0.6) is 0 Å². The predicted molar refractivity (Wildman–Crippen MR) is 101 cm³/mol. The molecule has 6 heteroatoms. The fourth-order valence-electron chi connectivity index (χ4n) is 3.25. The van der Waals surface area contributed by atoms with Gasteiger partial charge >= 0.3 is 0 Å². The topological polar surface area (TPSA) is 82.3 Å². The van der Waals surface area contributed by atoms with E-state index in [0.717, 1.165) is 22.2 Å². The zero-order chi connectivity index (χ0) is 18.8. The van der Waals surface area contributed by atoms with Crippen LogP contribution in [0.2, 0.25) is 0 Å². The van der Waals surface area contributed by atoms with E-state index in [0.29, 0.717) is 12.1 Å². The highest BCUT2D eigenvalue weighted by atomic mass is 16.2. The Morgan fingerprint density at radius 2 is 1.70 bits per heavy atom. The van der Waals surface area contributed by atoms with Crippen molar-refractivity contribution in [1.82, 2.24) is 15.2 Å². The minimum Gasteiger partial charge on any atom is -0.357 e. The number of hydrogen-bond acceptors (Lipinski definition) is 3. The van der Waals surface area contributed by atoms with Gasteiger partial charge in [0.2, 0.25) is 11.8 Å². The number of benzene rings is 2. The van der Waals surface area contributed by atoms with Gasteiger partial charge in [-0.15, -0.1) is 0 Å². The first-order valence-corrected chi connectivity index (χ1v) is 8.87. The molecule has 1 aliphatic heterocycles. The molecule has 2 N–H and O–H groups in total. The largest absolute Gasteiger partial charge is 0.357 e. The molecule has 0 spiro atoms. The van der Waals surface area contributed by atoms with Crippen LogP contribution in [0.1, 0.15) is 34.5 Å². The van der Waals surface area contributed by atoms with Crippen LogP contribution in [0.4, 0.5) is 0 Å². The Labute approximate surface area is 156 Å². The van der Waals surface area contributed by atoms with Crippen LogP contribution in [0.15, 0.2) is 54.6 Å². The van der Waals surface area contributed by atoms with E-state index in [-0.39, 0.29) is 37.1 Å². The summed E-state index contributed by atoms with van der Waals surface area (Å²) in [6, 6.07) is 16.9. The number of carbonyl (C=O) groups is 3. The third-order valence-corrected chi connectivity index (χ3v) is 4.74. The van der Waals surface area contributed by atoms with Gasteiger partial charge in [-0.05, 0) is 35.2 Å². The number of aromatic amines is 1. The summed E-state index contributed by atoms with van der Waals surface area (Å²) in [5.74, 6) is -0.450. The summed E-state index contributed by atoms with van der Waals surface area (Å²) >= 11 is 0. The Kier molecular flexibility index (Phi) is 4.46. The summed E-state index contributed by atoms with van der Waals surface area (Å²) in [5.41, 5.74) is 3.34. The lowest BCUT2D eigenvalue weighted by molar-refractivity contribution is -0.139. The average molecular weight is 361 g/mol. The molecule has 2 aromatic carbocycles. The van der Waals surface area contributed by atoms with E-state index in [2.05, 4.69) is 10.3 Å². The van der Waals surface area contributed by atoms with Crippen molar-refractivity contribution in [3.63, 3.8) is 0 Å². The number of likely N-dealkylation sites (tertiary alicyclic amines) is 1. The zero-order valence-corrected chi connectivity index (χ0v) is 14.7. The van der Waals surface area contributed by atoms with Gasteiger partial charge in [0.15, 0.2) is 0 Å². The maximum absolute atomic E-state index is 12.3. The van der Waals surface area contributed by atoms with E-state index in [9.17, 15) is 14.4 Å². The number of fused-ring (bicyclic) bond motifs is 1. The van der Waals surface area contributed by atoms with Crippen LogP contribution in [0.3, 0.4) is 0 Å². The van der Waals surface area contributed by atoms with Crippen LogP contribution in [-0.4, -0.2) is 27.6 Å². The molecule has 136 valence electrons. The molecule has 0 radical (unpaired) electrons. The SMILES string of the molecule is O=C(NCc1cc2ccccc2[nH]1)c1ccc(CN2C(=O)CCC2=O)cc1. The number of imide groups is 1. The molecule has 2 heterocycles. The van der Waals surface area contributed by atoms with E-state index >= 15 is 0 Å². The first kappa shape index (κ1) is 17.0. The molecule has 27 heavy (non-hydrogen) atoms. The molecule has 1 aromatic heterocycles. The van der Waals surface area contributed by atoms with Gasteiger partial charge < -0.3 is 10.3 Å². The monoisotopic (exact) mass is 361 g/mol. The molecule has 0 unspecified atom stereocenters. The van der Waals surface area contributed by atoms with E-state index in [1.54, 1.807) is 24.3 Å². The Morgan fingerprint density at radius 3 is 2.41 bits per heavy atom. The van der Waals surface area contributed by atoms with Crippen molar-refractivity contribution in [2.75, 3.05) is 0 Å². The molecule has 3 amide bonds. The van der Waals surface area contributed by atoms with Crippen molar-refractivity contribution in [2.24, 2.45) is 0 Å². The Hall–Kier alpha value is -3.41. The van der Waals surface area contributed by atoms with Gasteiger partial charge in [0.05, 0.1) is 13.1 Å². The number of rotatable bonds is 5. The average Bonchev–Trinajstić information content (AvgIpc) is 3.24. The van der Waals surface area contributed by atoms with Crippen LogP contribution >= 0.6 is 0 Å². The van der Waals surface area contributed by atoms with E-state index in [4.69, 9.17) is 0 Å². The van der Waals surface area contributed by atoms with Crippen molar-refractivity contribution in [2.45, 2.75) is 25.9 Å². The van der Waals surface area contributed by atoms with Crippen molar-refractivity contribution >= 4 is 28.6 Å². The first-order valence-electron chi connectivity index (χ1n) is 8.87. The number of aromatic nitrogens is 1. The standard InChI is InChI=1S/C21H19N3O3/c25-19-9-10-20(26)24(19)13-14-5-7-15(8-6-14)21(27)22-12-17-11-16-3-1-2-4-18(16)23-17/h1-8,11,23H,9-10,12-13H2,(H,22,27). The molecule has 1 aliphatic rings. The molecular weight excluding hydrogens is 342 g/mol. The Morgan fingerprint density at radius 1 is 1.00 bits per heavy atom. The van der Waals surface area contributed by atoms with Crippen molar-refractivity contribution in [3.05, 3.63) is 71.4 Å². The second-order valence-corrected chi connectivity index (χ2v) is 6.64. The van der Waals surface area contributed by atoms with E-state index < -0.39 is 0 Å².